The maximum Gasteiger partial charge on any atom is 0.143 e. The summed E-state index contributed by atoms with van der Waals surface area (Å²) >= 11 is 0. The van der Waals surface area contributed by atoms with Crippen molar-refractivity contribution in [2.45, 2.75) is 51.0 Å². The van der Waals surface area contributed by atoms with E-state index in [2.05, 4.69) is 21.0 Å². The molecular formula is C23H25N5O3. The molecule has 1 aliphatic carbocycles. The highest BCUT2D eigenvalue weighted by Gasteiger charge is 2.57. The van der Waals surface area contributed by atoms with Crippen LogP contribution in [0.15, 0.2) is 43.1 Å². The summed E-state index contributed by atoms with van der Waals surface area (Å²) in [6.45, 7) is 4.39. The molecule has 0 amide bonds. The molecule has 8 heteroatoms. The molecule has 4 aromatic heterocycles. The number of nitrogens with zero attached hydrogens (tertiary/aromatic N) is 5. The highest BCUT2D eigenvalue weighted by atomic mass is 16.5. The van der Waals surface area contributed by atoms with Crippen molar-refractivity contribution < 1.29 is 14.9 Å². The van der Waals surface area contributed by atoms with Crippen LogP contribution in [0.25, 0.3) is 16.7 Å². The molecule has 0 unspecified atom stereocenters. The first-order valence-electron chi connectivity index (χ1n) is 10.7. The summed E-state index contributed by atoms with van der Waals surface area (Å²) in [5.74, 6) is 0. The van der Waals surface area contributed by atoms with Gasteiger partial charge in [0.2, 0.25) is 0 Å². The van der Waals surface area contributed by atoms with Gasteiger partial charge in [0.1, 0.15) is 23.7 Å². The van der Waals surface area contributed by atoms with Crippen LogP contribution >= 0.6 is 0 Å². The van der Waals surface area contributed by atoms with Crippen molar-refractivity contribution in [2.75, 3.05) is 6.61 Å². The van der Waals surface area contributed by atoms with Gasteiger partial charge in [-0.15, -0.1) is 0 Å². The Morgan fingerprint density at radius 1 is 1.10 bits per heavy atom. The van der Waals surface area contributed by atoms with Crippen molar-refractivity contribution in [3.63, 3.8) is 0 Å². The Kier molecular flexibility index (Phi) is 4.02. The van der Waals surface area contributed by atoms with Crippen LogP contribution < -0.4 is 0 Å². The molecule has 1 spiro atoms. The van der Waals surface area contributed by atoms with Gasteiger partial charge < -0.3 is 23.9 Å². The molecule has 160 valence electrons. The minimum Gasteiger partial charge on any atom is -0.390 e. The SMILES string of the molecule is Cc1ncnc2c1ccn2[C@@H]1C[C@@]2(CO[C@@H](c3ccn4c(C)cnc4c3)C2)[C@@H](O)[C@H]1O. The third kappa shape index (κ3) is 2.68. The number of aliphatic hydroxyl groups excluding tert-OH is 2. The van der Waals surface area contributed by atoms with E-state index < -0.39 is 17.6 Å². The van der Waals surface area contributed by atoms with E-state index in [-0.39, 0.29) is 12.1 Å². The topological polar surface area (TPSA) is 97.7 Å². The molecule has 6 rings (SSSR count). The van der Waals surface area contributed by atoms with Gasteiger partial charge in [0.05, 0.1) is 30.6 Å². The Labute approximate surface area is 179 Å². The molecule has 2 N–H and O–H groups in total. The smallest absolute Gasteiger partial charge is 0.143 e. The van der Waals surface area contributed by atoms with Crippen LogP contribution in [0.4, 0.5) is 0 Å². The molecule has 5 atom stereocenters. The third-order valence-corrected chi connectivity index (χ3v) is 7.28. The monoisotopic (exact) mass is 419 g/mol. The number of aliphatic hydroxyl groups is 2. The van der Waals surface area contributed by atoms with E-state index in [0.717, 1.165) is 33.6 Å². The van der Waals surface area contributed by atoms with Crippen molar-refractivity contribution in [1.29, 1.82) is 0 Å². The summed E-state index contributed by atoms with van der Waals surface area (Å²) in [5.41, 5.74) is 4.22. The minimum absolute atomic E-state index is 0.131. The van der Waals surface area contributed by atoms with Crippen LogP contribution in [-0.2, 0) is 4.74 Å². The average Bonchev–Trinajstić information content (AvgIpc) is 3.53. The molecule has 4 aromatic rings. The lowest BCUT2D eigenvalue weighted by atomic mass is 9.80. The van der Waals surface area contributed by atoms with Gasteiger partial charge in [-0.2, -0.15) is 0 Å². The zero-order valence-corrected chi connectivity index (χ0v) is 17.5. The molecular weight excluding hydrogens is 394 g/mol. The molecule has 1 saturated heterocycles. The molecule has 0 aromatic carbocycles. The fourth-order valence-electron chi connectivity index (χ4n) is 5.50. The van der Waals surface area contributed by atoms with Crippen LogP contribution in [0.5, 0.6) is 0 Å². The quantitative estimate of drug-likeness (QED) is 0.518. The second kappa shape index (κ2) is 6.59. The molecule has 0 bridgehead atoms. The fraction of sp³-hybridized carbons (Fsp3) is 0.435. The van der Waals surface area contributed by atoms with E-state index in [1.165, 1.54) is 0 Å². The largest absolute Gasteiger partial charge is 0.390 e. The zero-order chi connectivity index (χ0) is 21.3. The summed E-state index contributed by atoms with van der Waals surface area (Å²) in [6.07, 6.45) is 6.76. The number of ether oxygens (including phenoxy) is 1. The number of fused-ring (bicyclic) bond motifs is 2. The van der Waals surface area contributed by atoms with Crippen LogP contribution in [-0.4, -0.2) is 52.9 Å². The van der Waals surface area contributed by atoms with E-state index in [1.807, 2.05) is 53.5 Å². The summed E-state index contributed by atoms with van der Waals surface area (Å²) in [7, 11) is 0. The van der Waals surface area contributed by atoms with Crippen LogP contribution in [0.2, 0.25) is 0 Å². The highest BCUT2D eigenvalue weighted by Crippen LogP contribution is 2.54. The van der Waals surface area contributed by atoms with Crippen LogP contribution in [0.1, 0.15) is 41.9 Å². The second-order valence-corrected chi connectivity index (χ2v) is 9.08. The van der Waals surface area contributed by atoms with E-state index in [4.69, 9.17) is 4.74 Å². The van der Waals surface area contributed by atoms with E-state index in [1.54, 1.807) is 6.33 Å². The predicted octanol–water partition coefficient (Wildman–Crippen LogP) is 2.51. The lowest BCUT2D eigenvalue weighted by Gasteiger charge is -2.26. The number of hydrogen-bond acceptors (Lipinski definition) is 6. The first kappa shape index (κ1) is 18.9. The predicted molar refractivity (Wildman–Crippen MR) is 114 cm³/mol. The normalized spacial score (nSPS) is 30.8. The molecule has 5 heterocycles. The van der Waals surface area contributed by atoms with Crippen molar-refractivity contribution in [3.8, 4) is 0 Å². The van der Waals surface area contributed by atoms with Gasteiger partial charge in [0.15, 0.2) is 0 Å². The molecule has 1 aliphatic heterocycles. The molecule has 2 fully saturated rings. The number of imidazole rings is 1. The summed E-state index contributed by atoms with van der Waals surface area (Å²) in [5, 5.41) is 23.1. The second-order valence-electron chi connectivity index (χ2n) is 9.08. The number of pyridine rings is 1. The van der Waals surface area contributed by atoms with Gasteiger partial charge in [0, 0.05) is 35.1 Å². The van der Waals surface area contributed by atoms with Gasteiger partial charge in [-0.1, -0.05) is 0 Å². The van der Waals surface area contributed by atoms with Gasteiger partial charge in [-0.05, 0) is 50.5 Å². The number of aromatic nitrogens is 5. The Balaban J connectivity index is 1.31. The number of aryl methyl sites for hydroxylation is 2. The van der Waals surface area contributed by atoms with Gasteiger partial charge in [-0.25, -0.2) is 15.0 Å². The molecule has 0 radical (unpaired) electrons. The lowest BCUT2D eigenvalue weighted by Crippen LogP contribution is -2.37. The van der Waals surface area contributed by atoms with Crippen molar-refractivity contribution in [2.24, 2.45) is 5.41 Å². The number of hydrogen-bond donors (Lipinski definition) is 2. The third-order valence-electron chi connectivity index (χ3n) is 7.28. The highest BCUT2D eigenvalue weighted by molar-refractivity contribution is 5.78. The first-order valence-corrected chi connectivity index (χ1v) is 10.7. The van der Waals surface area contributed by atoms with E-state index >= 15 is 0 Å². The van der Waals surface area contributed by atoms with Gasteiger partial charge in [0.25, 0.3) is 0 Å². The standard InChI is InChI=1S/C23H25N5O3/c1-13-10-24-19-7-15(3-5-27(13)19)18-9-23(11-31-18)8-17(20(29)21(23)30)28-6-4-16-14(2)25-12-26-22(16)28/h3-7,10,12,17-18,20-21,29-30H,8-9,11H2,1-2H3/t17-,18-,20+,21+,23-/m1/s1. The average molecular weight is 419 g/mol. The summed E-state index contributed by atoms with van der Waals surface area (Å²) < 4.78 is 10.2. The molecule has 8 nitrogen and oxygen atoms in total. The Morgan fingerprint density at radius 2 is 1.97 bits per heavy atom. The van der Waals surface area contributed by atoms with Gasteiger partial charge in [-0.3, -0.25) is 0 Å². The van der Waals surface area contributed by atoms with Crippen molar-refractivity contribution in [3.05, 3.63) is 60.1 Å². The zero-order valence-electron chi connectivity index (χ0n) is 17.5. The van der Waals surface area contributed by atoms with E-state index in [9.17, 15) is 10.2 Å². The summed E-state index contributed by atoms with van der Waals surface area (Å²) in [6, 6.07) is 5.82. The van der Waals surface area contributed by atoms with E-state index in [0.29, 0.717) is 19.4 Å². The van der Waals surface area contributed by atoms with Gasteiger partial charge >= 0.3 is 0 Å². The molecule has 1 saturated carbocycles. The van der Waals surface area contributed by atoms with Crippen LogP contribution in [0.3, 0.4) is 0 Å². The Morgan fingerprint density at radius 3 is 2.84 bits per heavy atom. The Hall–Kier alpha value is -2.81. The molecule has 31 heavy (non-hydrogen) atoms. The van der Waals surface area contributed by atoms with Crippen molar-refractivity contribution >= 4 is 16.7 Å². The molecule has 2 aliphatic rings. The maximum absolute atomic E-state index is 11.1. The van der Waals surface area contributed by atoms with Crippen LogP contribution in [0, 0.1) is 19.3 Å². The number of rotatable bonds is 2. The Bertz CT molecular complexity index is 1300. The fourth-order valence-corrected chi connectivity index (χ4v) is 5.50. The maximum atomic E-state index is 11.1. The lowest BCUT2D eigenvalue weighted by molar-refractivity contribution is -0.0309. The summed E-state index contributed by atoms with van der Waals surface area (Å²) in [4.78, 5) is 13.1. The minimum atomic E-state index is -0.884. The van der Waals surface area contributed by atoms with Crippen molar-refractivity contribution in [1.82, 2.24) is 23.9 Å². The first-order chi connectivity index (χ1) is 15.0.